The van der Waals surface area contributed by atoms with E-state index in [1.54, 1.807) is 0 Å². The molecule has 1 aliphatic heterocycles. The fourth-order valence-electron chi connectivity index (χ4n) is 2.12. The summed E-state index contributed by atoms with van der Waals surface area (Å²) in [5.41, 5.74) is 5.91. The lowest BCUT2D eigenvalue weighted by molar-refractivity contribution is 0.429. The quantitative estimate of drug-likeness (QED) is 0.844. The number of benzene rings is 1. The van der Waals surface area contributed by atoms with Gasteiger partial charge in [-0.05, 0) is 24.1 Å². The van der Waals surface area contributed by atoms with Crippen LogP contribution in [0.25, 0.3) is 11.5 Å². The van der Waals surface area contributed by atoms with Crippen molar-refractivity contribution < 1.29 is 13.3 Å². The van der Waals surface area contributed by atoms with Crippen LogP contribution < -0.4 is 10.6 Å². The third-order valence-corrected chi connectivity index (χ3v) is 3.13. The van der Waals surface area contributed by atoms with Gasteiger partial charge in [-0.1, -0.05) is 0 Å². The van der Waals surface area contributed by atoms with Gasteiger partial charge in [-0.2, -0.15) is 4.98 Å². The first-order valence-electron chi connectivity index (χ1n) is 5.98. The van der Waals surface area contributed by atoms with E-state index in [0.29, 0.717) is 5.95 Å². The largest absolute Gasteiger partial charge is 0.398 e. The minimum Gasteiger partial charge on any atom is -0.398 e. The molecular formula is C12H12F2N4O. The second-order valence-corrected chi connectivity index (χ2v) is 4.45. The number of hydrogen-bond acceptors (Lipinski definition) is 5. The Balaban J connectivity index is 1.96. The normalized spacial score (nSPS) is 15.2. The zero-order chi connectivity index (χ0) is 13.4. The van der Waals surface area contributed by atoms with Crippen LogP contribution in [0.15, 0.2) is 16.7 Å². The molecule has 0 saturated carbocycles. The molecule has 3 rings (SSSR count). The summed E-state index contributed by atoms with van der Waals surface area (Å²) in [4.78, 5) is 6.15. The van der Waals surface area contributed by atoms with Crippen LogP contribution in [0.3, 0.4) is 0 Å². The molecule has 0 spiro atoms. The Bertz CT molecular complexity index is 608. The minimum absolute atomic E-state index is 0.0653. The summed E-state index contributed by atoms with van der Waals surface area (Å²) < 4.78 is 31.3. The van der Waals surface area contributed by atoms with Crippen LogP contribution in [0.1, 0.15) is 12.8 Å². The number of halogens is 2. The number of aromatic nitrogens is 2. The molecule has 0 unspecified atom stereocenters. The molecule has 19 heavy (non-hydrogen) atoms. The van der Waals surface area contributed by atoms with Crippen molar-refractivity contribution in [3.05, 3.63) is 23.8 Å². The van der Waals surface area contributed by atoms with E-state index in [0.717, 1.165) is 38.1 Å². The monoisotopic (exact) mass is 266 g/mol. The van der Waals surface area contributed by atoms with Crippen molar-refractivity contribution in [2.24, 2.45) is 0 Å². The third-order valence-electron chi connectivity index (χ3n) is 3.13. The van der Waals surface area contributed by atoms with E-state index in [-0.39, 0.29) is 17.1 Å². The van der Waals surface area contributed by atoms with Crippen molar-refractivity contribution in [3.8, 4) is 11.5 Å². The van der Waals surface area contributed by atoms with Crippen molar-refractivity contribution >= 4 is 11.6 Å². The van der Waals surface area contributed by atoms with Gasteiger partial charge in [-0.3, -0.25) is 0 Å². The summed E-state index contributed by atoms with van der Waals surface area (Å²) in [6.07, 6.45) is 2.16. The zero-order valence-corrected chi connectivity index (χ0v) is 10.1. The van der Waals surface area contributed by atoms with Crippen molar-refractivity contribution in [3.63, 3.8) is 0 Å². The predicted octanol–water partition coefficient (Wildman–Crippen LogP) is 2.20. The molecule has 0 radical (unpaired) electrons. The Morgan fingerprint density at radius 3 is 2.58 bits per heavy atom. The van der Waals surface area contributed by atoms with Crippen molar-refractivity contribution in [1.29, 1.82) is 0 Å². The van der Waals surface area contributed by atoms with Crippen LogP contribution in [-0.2, 0) is 0 Å². The lowest BCUT2D eigenvalue weighted by Crippen LogP contribution is -2.18. The molecule has 1 saturated heterocycles. The maximum absolute atomic E-state index is 13.2. The van der Waals surface area contributed by atoms with Gasteiger partial charge in [0.2, 0.25) is 0 Å². The van der Waals surface area contributed by atoms with E-state index >= 15 is 0 Å². The highest BCUT2D eigenvalue weighted by Crippen LogP contribution is 2.28. The van der Waals surface area contributed by atoms with Crippen LogP contribution >= 0.6 is 0 Å². The molecule has 1 aliphatic rings. The van der Waals surface area contributed by atoms with Gasteiger partial charge in [0.05, 0.1) is 5.56 Å². The van der Waals surface area contributed by atoms with E-state index in [9.17, 15) is 8.78 Å². The van der Waals surface area contributed by atoms with Crippen molar-refractivity contribution in [2.45, 2.75) is 12.8 Å². The SMILES string of the molecule is Nc1cc(F)c(F)cc1-c1nc(N2CCCC2)no1. The van der Waals surface area contributed by atoms with Gasteiger partial charge in [-0.25, -0.2) is 8.78 Å². The van der Waals surface area contributed by atoms with Crippen LogP contribution in [0.4, 0.5) is 20.4 Å². The summed E-state index contributed by atoms with van der Waals surface area (Å²) in [5.74, 6) is -1.44. The third kappa shape index (κ3) is 2.11. The summed E-state index contributed by atoms with van der Waals surface area (Å²) in [6.45, 7) is 1.73. The highest BCUT2D eigenvalue weighted by atomic mass is 19.2. The van der Waals surface area contributed by atoms with Gasteiger partial charge in [-0.15, -0.1) is 0 Å². The average Bonchev–Trinajstić information content (AvgIpc) is 3.03. The van der Waals surface area contributed by atoms with E-state index < -0.39 is 11.6 Å². The number of nitrogens with zero attached hydrogens (tertiary/aromatic N) is 3. The fraction of sp³-hybridized carbons (Fsp3) is 0.333. The molecule has 0 bridgehead atoms. The van der Waals surface area contributed by atoms with E-state index in [1.807, 2.05) is 4.90 Å². The molecule has 2 aromatic rings. The summed E-state index contributed by atoms with van der Waals surface area (Å²) in [5, 5.41) is 3.84. The van der Waals surface area contributed by atoms with E-state index in [1.165, 1.54) is 0 Å². The van der Waals surface area contributed by atoms with Gasteiger partial charge in [0.1, 0.15) is 0 Å². The lowest BCUT2D eigenvalue weighted by atomic mass is 10.1. The number of nitrogen functional groups attached to an aromatic ring is 1. The van der Waals surface area contributed by atoms with E-state index in [4.69, 9.17) is 10.3 Å². The Kier molecular flexibility index (Phi) is 2.81. The number of anilines is 2. The predicted molar refractivity (Wildman–Crippen MR) is 65.5 cm³/mol. The van der Waals surface area contributed by atoms with Crippen molar-refractivity contribution in [1.82, 2.24) is 10.1 Å². The molecule has 0 amide bonds. The maximum Gasteiger partial charge on any atom is 0.266 e. The Morgan fingerprint density at radius 1 is 1.16 bits per heavy atom. The topological polar surface area (TPSA) is 68.2 Å². The Morgan fingerprint density at radius 2 is 1.84 bits per heavy atom. The second kappa shape index (κ2) is 4.49. The zero-order valence-electron chi connectivity index (χ0n) is 10.1. The number of hydrogen-bond donors (Lipinski definition) is 1. The van der Waals surface area contributed by atoms with Crippen LogP contribution in [0.2, 0.25) is 0 Å². The fourth-order valence-corrected chi connectivity index (χ4v) is 2.12. The average molecular weight is 266 g/mol. The molecule has 1 aromatic carbocycles. The second-order valence-electron chi connectivity index (χ2n) is 4.45. The number of rotatable bonds is 2. The minimum atomic E-state index is -1.000. The molecule has 2 N–H and O–H groups in total. The molecule has 7 heteroatoms. The Labute approximate surface area is 108 Å². The van der Waals surface area contributed by atoms with Gasteiger partial charge >= 0.3 is 0 Å². The van der Waals surface area contributed by atoms with Gasteiger partial charge in [0.25, 0.3) is 11.8 Å². The van der Waals surface area contributed by atoms with Crippen molar-refractivity contribution in [2.75, 3.05) is 23.7 Å². The molecule has 1 aromatic heterocycles. The molecule has 1 fully saturated rings. The summed E-state index contributed by atoms with van der Waals surface area (Å²) in [7, 11) is 0. The number of nitrogens with two attached hydrogens (primary N) is 1. The van der Waals surface area contributed by atoms with Crippen LogP contribution in [0, 0.1) is 11.6 Å². The van der Waals surface area contributed by atoms with Gasteiger partial charge in [0, 0.05) is 24.8 Å². The van der Waals surface area contributed by atoms with Gasteiger partial charge < -0.3 is 15.2 Å². The molecule has 2 heterocycles. The first-order valence-corrected chi connectivity index (χ1v) is 5.98. The summed E-state index contributed by atoms with van der Waals surface area (Å²) in [6, 6.07) is 1.87. The highest BCUT2D eigenvalue weighted by Gasteiger charge is 2.20. The summed E-state index contributed by atoms with van der Waals surface area (Å²) >= 11 is 0. The molecular weight excluding hydrogens is 254 g/mol. The molecule has 100 valence electrons. The first-order chi connectivity index (χ1) is 9.15. The smallest absolute Gasteiger partial charge is 0.266 e. The molecule has 0 aliphatic carbocycles. The Hall–Kier alpha value is -2.18. The molecule has 0 atom stereocenters. The molecule has 5 nitrogen and oxygen atoms in total. The van der Waals surface area contributed by atoms with Crippen LogP contribution in [-0.4, -0.2) is 23.2 Å². The van der Waals surface area contributed by atoms with E-state index in [2.05, 4.69) is 10.1 Å². The lowest BCUT2D eigenvalue weighted by Gasteiger charge is -2.09. The maximum atomic E-state index is 13.2. The first kappa shape index (κ1) is 11.9. The van der Waals surface area contributed by atoms with Crippen LogP contribution in [0.5, 0.6) is 0 Å². The van der Waals surface area contributed by atoms with Gasteiger partial charge in [0.15, 0.2) is 11.6 Å². The standard InChI is InChI=1S/C12H12F2N4O/c13-8-5-7(10(15)6-9(8)14)11-16-12(17-19-11)18-3-1-2-4-18/h5-6H,1-4,15H2. The highest BCUT2D eigenvalue weighted by molar-refractivity contribution is 5.70.